The summed E-state index contributed by atoms with van der Waals surface area (Å²) in [6.07, 6.45) is -1.27. The third-order valence-electron chi connectivity index (χ3n) is 5.90. The normalized spacial score (nSPS) is 15.1. The van der Waals surface area contributed by atoms with Gasteiger partial charge >= 0.3 is 5.88 Å². The van der Waals surface area contributed by atoms with Gasteiger partial charge in [0.25, 0.3) is 17.7 Å². The molecule has 1 aliphatic rings. The monoisotopic (exact) mass is 491 g/mol. The second-order valence-electron chi connectivity index (χ2n) is 8.37. The molecule has 36 heavy (non-hydrogen) atoms. The lowest BCUT2D eigenvalue weighted by Gasteiger charge is -2.28. The molecule has 186 valence electrons. The van der Waals surface area contributed by atoms with Crippen molar-refractivity contribution in [1.29, 1.82) is 0 Å². The Kier molecular flexibility index (Phi) is 7.11. The highest BCUT2D eigenvalue weighted by Crippen LogP contribution is 2.24. The van der Waals surface area contributed by atoms with Crippen LogP contribution in [0.15, 0.2) is 65.1 Å². The smallest absolute Gasteiger partial charge is 0.395 e. The molecule has 0 radical (unpaired) electrons. The number of nitrogens with one attached hydrogen (secondary N) is 1. The Morgan fingerprint density at radius 3 is 2.33 bits per heavy atom. The number of carbonyl (C=O) groups excluding carboxylic acids is 3. The van der Waals surface area contributed by atoms with E-state index in [2.05, 4.69) is 5.32 Å². The first kappa shape index (κ1) is 24.6. The molecule has 0 aliphatic carbocycles. The molecule has 0 bridgehead atoms. The van der Waals surface area contributed by atoms with Gasteiger partial charge in [-0.1, -0.05) is 42.0 Å². The summed E-state index contributed by atoms with van der Waals surface area (Å²) in [6, 6.07) is 16.5. The van der Waals surface area contributed by atoms with Gasteiger partial charge in [-0.25, -0.2) is 0 Å². The van der Waals surface area contributed by atoms with Crippen molar-refractivity contribution in [1.82, 2.24) is 15.1 Å². The zero-order valence-electron chi connectivity index (χ0n) is 19.5. The molecule has 1 saturated heterocycles. The van der Waals surface area contributed by atoms with Crippen molar-refractivity contribution < 1.29 is 23.7 Å². The van der Waals surface area contributed by atoms with E-state index in [9.17, 15) is 24.5 Å². The number of carbonyl (C=O) groups is 3. The van der Waals surface area contributed by atoms with Gasteiger partial charge in [-0.2, -0.15) is 0 Å². The van der Waals surface area contributed by atoms with Crippen molar-refractivity contribution >= 4 is 23.6 Å². The molecule has 3 aromatic rings. The highest BCUT2D eigenvalue weighted by atomic mass is 16.6. The molecule has 4 rings (SSSR count). The standard InChI is InChI=1S/C25H25N5O6/c1-16-5-7-19(8-6-16)24(32)28-11-12-29(25(33)20-9-10-21(36-20)30(34)35)23(28)22(31)27-15-18-4-2-3-17(13-18)14-26/h2-10,13,23H,11-12,14-15,26H2,1H3,(H,27,31). The van der Waals surface area contributed by atoms with Crippen LogP contribution in [-0.2, 0) is 17.9 Å². The Bertz CT molecular complexity index is 1300. The molecule has 11 nitrogen and oxygen atoms in total. The van der Waals surface area contributed by atoms with Gasteiger partial charge in [-0.05, 0) is 36.2 Å². The molecule has 1 unspecified atom stereocenters. The van der Waals surface area contributed by atoms with Crippen LogP contribution in [0.3, 0.4) is 0 Å². The van der Waals surface area contributed by atoms with E-state index < -0.39 is 34.7 Å². The fourth-order valence-corrected chi connectivity index (χ4v) is 4.03. The summed E-state index contributed by atoms with van der Waals surface area (Å²) in [5.41, 5.74) is 8.74. The summed E-state index contributed by atoms with van der Waals surface area (Å²) < 4.78 is 5.06. The topological polar surface area (TPSA) is 152 Å². The number of nitrogens with zero attached hydrogens (tertiary/aromatic N) is 3. The average molecular weight is 492 g/mol. The maximum Gasteiger partial charge on any atom is 0.433 e. The summed E-state index contributed by atoms with van der Waals surface area (Å²) >= 11 is 0. The fourth-order valence-electron chi connectivity index (χ4n) is 4.03. The second kappa shape index (κ2) is 10.4. The maximum atomic E-state index is 13.4. The van der Waals surface area contributed by atoms with Gasteiger partial charge in [0.15, 0.2) is 11.9 Å². The van der Waals surface area contributed by atoms with Crippen LogP contribution < -0.4 is 11.1 Å². The van der Waals surface area contributed by atoms with Crippen molar-refractivity contribution in [2.24, 2.45) is 5.73 Å². The van der Waals surface area contributed by atoms with Gasteiger partial charge in [0.1, 0.15) is 4.92 Å². The van der Waals surface area contributed by atoms with E-state index in [0.717, 1.165) is 22.8 Å². The van der Waals surface area contributed by atoms with Crippen LogP contribution in [0.1, 0.15) is 37.6 Å². The molecule has 1 fully saturated rings. The number of aryl methyl sites for hydroxylation is 1. The van der Waals surface area contributed by atoms with Gasteiger partial charge in [0.2, 0.25) is 0 Å². The molecule has 3 N–H and O–H groups in total. The Morgan fingerprint density at radius 1 is 1.03 bits per heavy atom. The number of benzene rings is 2. The lowest BCUT2D eigenvalue weighted by atomic mass is 10.1. The van der Waals surface area contributed by atoms with Crippen LogP contribution in [0.5, 0.6) is 0 Å². The van der Waals surface area contributed by atoms with Crippen LogP contribution in [0.25, 0.3) is 0 Å². The van der Waals surface area contributed by atoms with Gasteiger partial charge in [-0.3, -0.25) is 24.5 Å². The number of furan rings is 1. The van der Waals surface area contributed by atoms with E-state index in [1.807, 2.05) is 31.2 Å². The van der Waals surface area contributed by atoms with Crippen molar-refractivity contribution in [2.75, 3.05) is 13.1 Å². The van der Waals surface area contributed by atoms with E-state index in [4.69, 9.17) is 10.2 Å². The molecule has 2 aromatic carbocycles. The van der Waals surface area contributed by atoms with Gasteiger partial charge in [-0.15, -0.1) is 0 Å². The largest absolute Gasteiger partial charge is 0.433 e. The summed E-state index contributed by atoms with van der Waals surface area (Å²) in [6.45, 7) is 2.54. The SMILES string of the molecule is Cc1ccc(C(=O)N2CCN(C(=O)c3ccc([N+](=O)[O-])o3)C2C(=O)NCc2cccc(CN)c2)cc1. The van der Waals surface area contributed by atoms with Crippen LogP contribution in [0, 0.1) is 17.0 Å². The van der Waals surface area contributed by atoms with E-state index in [1.165, 1.54) is 15.9 Å². The Morgan fingerprint density at radius 2 is 1.69 bits per heavy atom. The zero-order valence-corrected chi connectivity index (χ0v) is 19.5. The second-order valence-corrected chi connectivity index (χ2v) is 8.37. The van der Waals surface area contributed by atoms with Crippen molar-refractivity contribution in [3.8, 4) is 0 Å². The van der Waals surface area contributed by atoms with Crippen LogP contribution in [0.2, 0.25) is 0 Å². The minimum absolute atomic E-state index is 0.0473. The molecule has 1 atom stereocenters. The number of nitrogens with two attached hydrogens (primary N) is 1. The fraction of sp³-hybridized carbons (Fsp3) is 0.240. The van der Waals surface area contributed by atoms with E-state index in [1.54, 1.807) is 24.3 Å². The molecular formula is C25H25N5O6. The third kappa shape index (κ3) is 5.10. The van der Waals surface area contributed by atoms with Crippen LogP contribution in [-0.4, -0.2) is 51.7 Å². The third-order valence-corrected chi connectivity index (χ3v) is 5.90. The Hall–Kier alpha value is -4.51. The number of amides is 3. The molecule has 1 aromatic heterocycles. The first-order valence-electron chi connectivity index (χ1n) is 11.3. The number of nitro groups is 1. The lowest BCUT2D eigenvalue weighted by Crippen LogP contribution is -2.53. The summed E-state index contributed by atoms with van der Waals surface area (Å²) in [4.78, 5) is 52.6. The van der Waals surface area contributed by atoms with Crippen molar-refractivity contribution in [2.45, 2.75) is 26.2 Å². The quantitative estimate of drug-likeness (QED) is 0.380. The Labute approximate surface area is 206 Å². The molecule has 3 amide bonds. The summed E-state index contributed by atoms with van der Waals surface area (Å²) in [5.74, 6) is -2.60. The molecule has 0 spiro atoms. The summed E-state index contributed by atoms with van der Waals surface area (Å²) in [5, 5.41) is 13.8. The predicted molar refractivity (Wildman–Crippen MR) is 129 cm³/mol. The van der Waals surface area contributed by atoms with Crippen molar-refractivity contribution in [3.05, 3.63) is 98.8 Å². The number of hydrogen-bond donors (Lipinski definition) is 2. The highest BCUT2D eigenvalue weighted by Gasteiger charge is 2.44. The minimum Gasteiger partial charge on any atom is -0.395 e. The van der Waals surface area contributed by atoms with E-state index >= 15 is 0 Å². The Balaban J connectivity index is 1.60. The summed E-state index contributed by atoms with van der Waals surface area (Å²) in [7, 11) is 0. The minimum atomic E-state index is -1.27. The lowest BCUT2D eigenvalue weighted by molar-refractivity contribution is -0.402. The highest BCUT2D eigenvalue weighted by molar-refractivity contribution is 6.01. The molecule has 11 heteroatoms. The molecule has 1 aliphatic heterocycles. The average Bonchev–Trinajstić information content (AvgIpc) is 3.55. The number of hydrogen-bond acceptors (Lipinski definition) is 7. The van der Waals surface area contributed by atoms with Crippen LogP contribution in [0.4, 0.5) is 5.88 Å². The van der Waals surface area contributed by atoms with Crippen LogP contribution >= 0.6 is 0 Å². The first-order chi connectivity index (χ1) is 17.3. The predicted octanol–water partition coefficient (Wildman–Crippen LogP) is 2.20. The van der Waals surface area contributed by atoms with E-state index in [-0.39, 0.29) is 25.4 Å². The van der Waals surface area contributed by atoms with Gasteiger partial charge in [0.05, 0.1) is 6.07 Å². The van der Waals surface area contributed by atoms with Crippen molar-refractivity contribution in [3.63, 3.8) is 0 Å². The van der Waals surface area contributed by atoms with Gasteiger partial charge < -0.3 is 25.3 Å². The van der Waals surface area contributed by atoms with Gasteiger partial charge in [0, 0.05) is 31.7 Å². The first-order valence-corrected chi connectivity index (χ1v) is 11.3. The molecule has 2 heterocycles. The molecule has 0 saturated carbocycles. The maximum absolute atomic E-state index is 13.4. The molecular weight excluding hydrogens is 466 g/mol. The van der Waals surface area contributed by atoms with E-state index in [0.29, 0.717) is 12.1 Å². The zero-order chi connectivity index (χ0) is 25.8. The number of rotatable bonds is 7.